The number of rotatable bonds is 11. The normalized spacial score (nSPS) is 11.8. The number of pyridine rings is 1. The molecule has 2 heterocycles. The van der Waals surface area contributed by atoms with Gasteiger partial charge in [-0.05, 0) is 61.4 Å². The van der Waals surface area contributed by atoms with Crippen molar-refractivity contribution in [1.29, 1.82) is 0 Å². The summed E-state index contributed by atoms with van der Waals surface area (Å²) in [6.07, 6.45) is 5.58. The second kappa shape index (κ2) is 13.4. The fraction of sp³-hybridized carbons (Fsp3) is 0.276. The minimum atomic E-state index is -0.800. The van der Waals surface area contributed by atoms with Crippen molar-refractivity contribution in [1.82, 2.24) is 15.3 Å². The first-order valence-corrected chi connectivity index (χ1v) is 15.0. The van der Waals surface area contributed by atoms with E-state index in [1.54, 1.807) is 61.6 Å². The molecule has 4 rings (SSSR count). The predicted molar refractivity (Wildman–Crippen MR) is 162 cm³/mol. The molecule has 0 bridgehead atoms. The van der Waals surface area contributed by atoms with E-state index in [1.807, 2.05) is 30.5 Å². The number of ether oxygens (including phenoxy) is 1. The minimum Gasteiger partial charge on any atom is -0.461 e. The zero-order valence-electron chi connectivity index (χ0n) is 22.5. The van der Waals surface area contributed by atoms with Gasteiger partial charge in [-0.1, -0.05) is 24.3 Å². The van der Waals surface area contributed by atoms with Crippen LogP contribution in [0.4, 0.5) is 10.8 Å². The second-order valence-corrected chi connectivity index (χ2v) is 11.2. The molecule has 0 aliphatic carbocycles. The number of nitrogens with zero attached hydrogens (tertiary/aromatic N) is 2. The first-order valence-electron chi connectivity index (χ1n) is 12.7. The third-order valence-corrected chi connectivity index (χ3v) is 7.34. The number of amides is 2. The van der Waals surface area contributed by atoms with Crippen LogP contribution in [0, 0.1) is 0 Å². The number of benzene rings is 2. The van der Waals surface area contributed by atoms with Crippen molar-refractivity contribution in [3.8, 4) is 11.1 Å². The standard InChI is InChI=1S/C29H31N5O4S2/c1-17(2)38-28(37)25(10-11-39-3)34-27(36)22-9-8-19(32-26(35)13-20-16-40-29(30)33-20)12-23(22)24-15-31-14-18-6-4-5-7-21(18)24/h4-9,12,14-17,25H,10-11,13H2,1-3H3,(H2,30,33)(H,32,35)(H,34,36)/t25-/m0/s1. The molecule has 9 nitrogen and oxygen atoms in total. The van der Waals surface area contributed by atoms with Gasteiger partial charge in [-0.15, -0.1) is 11.3 Å². The molecule has 2 aromatic carbocycles. The molecule has 40 heavy (non-hydrogen) atoms. The average Bonchev–Trinajstić information content (AvgIpc) is 3.34. The molecular weight excluding hydrogens is 546 g/mol. The Bertz CT molecular complexity index is 1520. The number of thioether (sulfide) groups is 1. The van der Waals surface area contributed by atoms with Gasteiger partial charge in [-0.2, -0.15) is 11.8 Å². The lowest BCUT2D eigenvalue weighted by molar-refractivity contribution is -0.149. The van der Waals surface area contributed by atoms with Crippen molar-refractivity contribution >= 4 is 62.5 Å². The Kier molecular flexibility index (Phi) is 9.73. The van der Waals surface area contributed by atoms with Crippen molar-refractivity contribution in [3.63, 3.8) is 0 Å². The molecule has 0 aliphatic rings. The molecular formula is C29H31N5O4S2. The highest BCUT2D eigenvalue weighted by molar-refractivity contribution is 7.98. The lowest BCUT2D eigenvalue weighted by Gasteiger charge is -2.20. The SMILES string of the molecule is CSCC[C@H](NC(=O)c1ccc(NC(=O)Cc2csc(N)n2)cc1-c1cncc2ccccc12)C(=O)OC(C)C. The van der Waals surface area contributed by atoms with Gasteiger partial charge in [0.2, 0.25) is 5.91 Å². The highest BCUT2D eigenvalue weighted by Crippen LogP contribution is 2.32. The second-order valence-electron chi connectivity index (χ2n) is 9.36. The average molecular weight is 578 g/mol. The molecule has 0 fully saturated rings. The van der Waals surface area contributed by atoms with Crippen molar-refractivity contribution in [3.05, 3.63) is 71.5 Å². The topological polar surface area (TPSA) is 136 Å². The van der Waals surface area contributed by atoms with Crippen molar-refractivity contribution in [2.45, 2.75) is 38.8 Å². The predicted octanol–water partition coefficient (Wildman–Crippen LogP) is 4.92. The quantitative estimate of drug-likeness (QED) is 0.214. The first-order chi connectivity index (χ1) is 19.2. The number of anilines is 2. The third-order valence-electron chi connectivity index (χ3n) is 5.97. The molecule has 0 saturated heterocycles. The molecule has 4 N–H and O–H groups in total. The Morgan fingerprint density at radius 2 is 1.90 bits per heavy atom. The largest absolute Gasteiger partial charge is 0.461 e. The van der Waals surface area contributed by atoms with Crippen molar-refractivity contribution < 1.29 is 19.1 Å². The third kappa shape index (κ3) is 7.36. The van der Waals surface area contributed by atoms with Crippen LogP contribution in [-0.4, -0.2) is 51.9 Å². The van der Waals surface area contributed by atoms with Crippen molar-refractivity contribution in [2.75, 3.05) is 23.1 Å². The molecule has 208 valence electrons. The Balaban J connectivity index is 1.69. The number of nitrogens with two attached hydrogens (primary N) is 1. The Labute approximate surface area is 240 Å². The number of carbonyl (C=O) groups excluding carboxylic acids is 3. The maximum atomic E-state index is 13.7. The zero-order chi connectivity index (χ0) is 28.6. The highest BCUT2D eigenvalue weighted by atomic mass is 32.2. The van der Waals surface area contributed by atoms with Crippen LogP contribution >= 0.6 is 23.1 Å². The molecule has 4 aromatic rings. The van der Waals surface area contributed by atoms with E-state index < -0.39 is 17.9 Å². The summed E-state index contributed by atoms with van der Waals surface area (Å²) in [5, 5.41) is 9.70. The van der Waals surface area contributed by atoms with Crippen LogP contribution in [0.25, 0.3) is 21.9 Å². The van der Waals surface area contributed by atoms with Gasteiger partial charge in [-0.25, -0.2) is 9.78 Å². The van der Waals surface area contributed by atoms with E-state index in [9.17, 15) is 14.4 Å². The summed E-state index contributed by atoms with van der Waals surface area (Å²) in [5.41, 5.74) is 8.40. The van der Waals surface area contributed by atoms with Gasteiger partial charge in [0.15, 0.2) is 5.13 Å². The van der Waals surface area contributed by atoms with E-state index in [-0.39, 0.29) is 18.4 Å². The van der Waals surface area contributed by atoms with E-state index in [2.05, 4.69) is 20.6 Å². The Hall–Kier alpha value is -3.96. The molecule has 1 atom stereocenters. The maximum absolute atomic E-state index is 13.7. The van der Waals surface area contributed by atoms with Crippen molar-refractivity contribution in [2.24, 2.45) is 0 Å². The molecule has 11 heteroatoms. The number of nitrogen functional groups attached to an aromatic ring is 1. The molecule has 0 radical (unpaired) electrons. The summed E-state index contributed by atoms with van der Waals surface area (Å²) in [5.74, 6) is -0.491. The molecule has 0 unspecified atom stereocenters. The van der Waals surface area contributed by atoms with Gasteiger partial charge < -0.3 is 21.1 Å². The fourth-order valence-electron chi connectivity index (χ4n) is 4.18. The molecule has 0 saturated carbocycles. The van der Waals surface area contributed by atoms with Crippen LogP contribution < -0.4 is 16.4 Å². The van der Waals surface area contributed by atoms with Crippen LogP contribution in [-0.2, 0) is 20.7 Å². The van der Waals surface area contributed by atoms with Gasteiger partial charge in [0, 0.05) is 40.0 Å². The maximum Gasteiger partial charge on any atom is 0.328 e. The van der Waals surface area contributed by atoms with E-state index in [0.29, 0.717) is 39.8 Å². The van der Waals surface area contributed by atoms with Gasteiger partial charge in [-0.3, -0.25) is 14.6 Å². The van der Waals surface area contributed by atoms with Crippen LogP contribution in [0.5, 0.6) is 0 Å². The van der Waals surface area contributed by atoms with E-state index >= 15 is 0 Å². The molecule has 2 amide bonds. The Morgan fingerprint density at radius 1 is 1.10 bits per heavy atom. The number of esters is 1. The van der Waals surface area contributed by atoms with Gasteiger partial charge >= 0.3 is 5.97 Å². The summed E-state index contributed by atoms with van der Waals surface area (Å²) >= 11 is 2.86. The fourth-order valence-corrected chi connectivity index (χ4v) is 5.22. The van der Waals surface area contributed by atoms with E-state index in [0.717, 1.165) is 16.3 Å². The number of fused-ring (bicyclic) bond motifs is 1. The number of aromatic nitrogens is 2. The molecule has 0 spiro atoms. The van der Waals surface area contributed by atoms with Crippen LogP contribution in [0.2, 0.25) is 0 Å². The smallest absolute Gasteiger partial charge is 0.328 e. The number of hydrogen-bond acceptors (Lipinski definition) is 9. The van der Waals surface area contributed by atoms with Crippen LogP contribution in [0.15, 0.2) is 60.2 Å². The monoisotopic (exact) mass is 577 g/mol. The zero-order valence-corrected chi connectivity index (χ0v) is 24.1. The van der Waals surface area contributed by atoms with Gasteiger partial charge in [0.1, 0.15) is 6.04 Å². The lowest BCUT2D eigenvalue weighted by Crippen LogP contribution is -2.43. The summed E-state index contributed by atoms with van der Waals surface area (Å²) in [4.78, 5) is 47.7. The number of hydrogen-bond donors (Lipinski definition) is 3. The number of nitrogens with one attached hydrogen (secondary N) is 2. The van der Waals surface area contributed by atoms with E-state index in [4.69, 9.17) is 10.5 Å². The van der Waals surface area contributed by atoms with Gasteiger partial charge in [0.05, 0.1) is 18.2 Å². The number of carbonyl (C=O) groups is 3. The van der Waals surface area contributed by atoms with Crippen LogP contribution in [0.3, 0.4) is 0 Å². The first kappa shape index (κ1) is 29.0. The highest BCUT2D eigenvalue weighted by Gasteiger charge is 2.25. The summed E-state index contributed by atoms with van der Waals surface area (Å²) in [6.45, 7) is 3.54. The molecule has 2 aromatic heterocycles. The summed E-state index contributed by atoms with van der Waals surface area (Å²) < 4.78 is 5.40. The van der Waals surface area contributed by atoms with Crippen LogP contribution in [0.1, 0.15) is 36.3 Å². The number of thiazole rings is 1. The van der Waals surface area contributed by atoms with E-state index in [1.165, 1.54) is 11.3 Å². The summed E-state index contributed by atoms with van der Waals surface area (Å²) in [6, 6.07) is 12.0. The Morgan fingerprint density at radius 3 is 2.62 bits per heavy atom. The van der Waals surface area contributed by atoms with Gasteiger partial charge in [0.25, 0.3) is 5.91 Å². The summed E-state index contributed by atoms with van der Waals surface area (Å²) in [7, 11) is 0. The molecule has 0 aliphatic heterocycles. The lowest BCUT2D eigenvalue weighted by atomic mass is 9.95. The minimum absolute atomic E-state index is 0.0657.